The van der Waals surface area contributed by atoms with Gasteiger partial charge in [-0.05, 0) is 13.8 Å². The zero-order valence-corrected chi connectivity index (χ0v) is 7.64. The molecule has 0 aromatic carbocycles. The highest BCUT2D eigenvalue weighted by Gasteiger charge is 1.88. The molecule has 0 spiro atoms. The van der Waals surface area contributed by atoms with Gasteiger partial charge in [0.05, 0.1) is 21.2 Å². The van der Waals surface area contributed by atoms with Crippen LogP contribution in [0.3, 0.4) is 0 Å². The van der Waals surface area contributed by atoms with Gasteiger partial charge >= 0.3 is 0 Å². The highest BCUT2D eigenvalue weighted by Crippen LogP contribution is 1.89. The van der Waals surface area contributed by atoms with Crippen molar-refractivity contribution in [3.8, 4) is 0 Å². The third-order valence-electron chi connectivity index (χ3n) is 0.752. The quantitative estimate of drug-likeness (QED) is 0.435. The standard InChI is InChI=1S/C7H15OSi/c1-7(2)8-5-6-9(3)4/h5-7H,1-4H3. The molecule has 0 amide bonds. The lowest BCUT2D eigenvalue weighted by Crippen LogP contribution is -1.98. The smallest absolute Gasteiger partial charge is 0.0922 e. The van der Waals surface area contributed by atoms with E-state index in [2.05, 4.69) is 18.8 Å². The van der Waals surface area contributed by atoms with E-state index < -0.39 is 0 Å². The summed E-state index contributed by atoms with van der Waals surface area (Å²) in [5.74, 6) is 0. The molecule has 0 aromatic heterocycles. The summed E-state index contributed by atoms with van der Waals surface area (Å²) in [6.45, 7) is 8.51. The van der Waals surface area contributed by atoms with Crippen LogP contribution in [0.15, 0.2) is 12.0 Å². The van der Waals surface area contributed by atoms with Gasteiger partial charge in [0.2, 0.25) is 0 Å². The van der Waals surface area contributed by atoms with E-state index in [9.17, 15) is 0 Å². The Labute approximate surface area is 59.3 Å². The number of ether oxygens (including phenoxy) is 1. The van der Waals surface area contributed by atoms with E-state index in [0.29, 0.717) is 6.10 Å². The summed E-state index contributed by atoms with van der Waals surface area (Å²) in [5.41, 5.74) is 2.14. The fourth-order valence-electron chi connectivity index (χ4n) is 0.333. The fraction of sp³-hybridized carbons (Fsp3) is 0.714. The molecule has 53 valence electrons. The van der Waals surface area contributed by atoms with E-state index in [4.69, 9.17) is 4.74 Å². The van der Waals surface area contributed by atoms with Crippen LogP contribution in [0.25, 0.3) is 0 Å². The molecule has 0 saturated heterocycles. The average molecular weight is 143 g/mol. The van der Waals surface area contributed by atoms with Crippen LogP contribution in [0.2, 0.25) is 13.1 Å². The monoisotopic (exact) mass is 143 g/mol. The lowest BCUT2D eigenvalue weighted by molar-refractivity contribution is 0.180. The van der Waals surface area contributed by atoms with Gasteiger partial charge in [0.15, 0.2) is 0 Å². The van der Waals surface area contributed by atoms with Crippen LogP contribution in [-0.2, 0) is 4.74 Å². The van der Waals surface area contributed by atoms with Crippen molar-refractivity contribution in [1.29, 1.82) is 0 Å². The molecular weight excluding hydrogens is 128 g/mol. The van der Waals surface area contributed by atoms with Crippen molar-refractivity contribution in [3.05, 3.63) is 12.0 Å². The normalized spacial score (nSPS) is 11.8. The van der Waals surface area contributed by atoms with Crippen LogP contribution in [0.1, 0.15) is 13.8 Å². The van der Waals surface area contributed by atoms with Crippen LogP contribution in [-0.4, -0.2) is 14.9 Å². The van der Waals surface area contributed by atoms with E-state index >= 15 is 0 Å². The lowest BCUT2D eigenvalue weighted by Gasteiger charge is -2.02. The second kappa shape index (κ2) is 4.62. The molecular formula is C7H15OSi. The van der Waals surface area contributed by atoms with Crippen LogP contribution < -0.4 is 0 Å². The van der Waals surface area contributed by atoms with Crippen molar-refractivity contribution in [2.75, 3.05) is 0 Å². The fourth-order valence-corrected chi connectivity index (χ4v) is 0.683. The highest BCUT2D eigenvalue weighted by molar-refractivity contribution is 6.61. The van der Waals surface area contributed by atoms with Gasteiger partial charge in [-0.15, -0.1) is 0 Å². The molecule has 0 aliphatic heterocycles. The number of hydrogen-bond acceptors (Lipinski definition) is 1. The molecule has 2 heteroatoms. The van der Waals surface area contributed by atoms with Gasteiger partial charge in [-0.1, -0.05) is 18.8 Å². The van der Waals surface area contributed by atoms with Gasteiger partial charge in [0.25, 0.3) is 0 Å². The zero-order valence-electron chi connectivity index (χ0n) is 6.64. The molecule has 1 radical (unpaired) electrons. The maximum atomic E-state index is 5.20. The number of rotatable bonds is 3. The first-order valence-electron chi connectivity index (χ1n) is 3.25. The van der Waals surface area contributed by atoms with Crippen LogP contribution >= 0.6 is 0 Å². The molecule has 9 heavy (non-hydrogen) atoms. The number of hydrogen-bond donors (Lipinski definition) is 0. The topological polar surface area (TPSA) is 9.23 Å². The Bertz CT molecular complexity index is 86.9. The molecule has 0 aliphatic rings. The van der Waals surface area contributed by atoms with Crippen molar-refractivity contribution in [3.63, 3.8) is 0 Å². The molecule has 0 rings (SSSR count). The predicted molar refractivity (Wildman–Crippen MR) is 42.8 cm³/mol. The Morgan fingerprint density at radius 2 is 1.89 bits per heavy atom. The molecule has 0 heterocycles. The lowest BCUT2D eigenvalue weighted by atomic mass is 10.5. The van der Waals surface area contributed by atoms with Gasteiger partial charge in [0.1, 0.15) is 0 Å². The molecule has 0 aromatic rings. The van der Waals surface area contributed by atoms with E-state index in [1.54, 1.807) is 0 Å². The summed E-state index contributed by atoms with van der Waals surface area (Å²) in [6, 6.07) is 0. The largest absolute Gasteiger partial charge is 0.499 e. The Kier molecular flexibility index (Phi) is 4.49. The summed E-state index contributed by atoms with van der Waals surface area (Å²) in [7, 11) is -0.236. The summed E-state index contributed by atoms with van der Waals surface area (Å²) in [5, 5.41) is 0. The van der Waals surface area contributed by atoms with E-state index in [1.165, 1.54) is 0 Å². The first-order valence-corrected chi connectivity index (χ1v) is 5.83. The SMILES string of the molecule is CC(C)OC=C[Si](C)C. The van der Waals surface area contributed by atoms with E-state index in [0.717, 1.165) is 0 Å². The third-order valence-corrected chi connectivity index (χ3v) is 1.55. The zero-order chi connectivity index (χ0) is 7.28. The van der Waals surface area contributed by atoms with Gasteiger partial charge in [0, 0.05) is 0 Å². The van der Waals surface area contributed by atoms with Gasteiger partial charge in [-0.2, -0.15) is 0 Å². The second-order valence-corrected chi connectivity index (χ2v) is 5.05. The van der Waals surface area contributed by atoms with Crippen molar-refractivity contribution in [2.45, 2.75) is 33.0 Å². The van der Waals surface area contributed by atoms with Crippen molar-refractivity contribution in [1.82, 2.24) is 0 Å². The molecule has 1 nitrogen and oxygen atoms in total. The summed E-state index contributed by atoms with van der Waals surface area (Å²) in [6.07, 6.45) is 2.14. The van der Waals surface area contributed by atoms with Crippen LogP contribution in [0.5, 0.6) is 0 Å². The highest BCUT2D eigenvalue weighted by atomic mass is 28.3. The Hall–Kier alpha value is -0.243. The second-order valence-electron chi connectivity index (χ2n) is 2.56. The van der Waals surface area contributed by atoms with Crippen molar-refractivity contribution >= 4 is 8.80 Å². The Balaban J connectivity index is 3.25. The molecule has 0 aliphatic carbocycles. The summed E-state index contributed by atoms with van der Waals surface area (Å²) in [4.78, 5) is 0. The van der Waals surface area contributed by atoms with E-state index in [-0.39, 0.29) is 8.80 Å². The van der Waals surface area contributed by atoms with Crippen molar-refractivity contribution in [2.24, 2.45) is 0 Å². The third kappa shape index (κ3) is 7.76. The minimum Gasteiger partial charge on any atom is -0.499 e. The molecule has 0 atom stereocenters. The maximum absolute atomic E-state index is 5.20. The van der Waals surface area contributed by atoms with Gasteiger partial charge in [-0.3, -0.25) is 0 Å². The maximum Gasteiger partial charge on any atom is 0.0922 e. The molecule has 0 fully saturated rings. The molecule has 0 unspecified atom stereocenters. The summed E-state index contributed by atoms with van der Waals surface area (Å²) < 4.78 is 5.20. The molecule has 0 bridgehead atoms. The predicted octanol–water partition coefficient (Wildman–Crippen LogP) is 2.22. The Morgan fingerprint density at radius 1 is 1.33 bits per heavy atom. The van der Waals surface area contributed by atoms with Crippen LogP contribution in [0, 0.1) is 0 Å². The first kappa shape index (κ1) is 8.76. The minimum absolute atomic E-state index is 0.236. The minimum atomic E-state index is -0.236. The Morgan fingerprint density at radius 3 is 2.22 bits per heavy atom. The molecule has 0 N–H and O–H groups in total. The first-order chi connectivity index (χ1) is 4.13. The van der Waals surface area contributed by atoms with E-state index in [1.807, 2.05) is 20.1 Å². The van der Waals surface area contributed by atoms with Gasteiger partial charge < -0.3 is 4.74 Å². The molecule has 0 saturated carbocycles. The summed E-state index contributed by atoms with van der Waals surface area (Å²) >= 11 is 0. The van der Waals surface area contributed by atoms with Gasteiger partial charge in [-0.25, -0.2) is 0 Å². The van der Waals surface area contributed by atoms with Crippen LogP contribution in [0.4, 0.5) is 0 Å². The average Bonchev–Trinajstić information content (AvgIpc) is 1.63. The van der Waals surface area contributed by atoms with Crippen molar-refractivity contribution < 1.29 is 4.74 Å².